The quantitative estimate of drug-likeness (QED) is 0.608. The normalized spacial score (nSPS) is 13.7. The molecule has 3 aromatic rings. The first-order chi connectivity index (χ1) is 15.0. The number of fused-ring (bicyclic) bond motifs is 1. The highest BCUT2D eigenvalue weighted by Gasteiger charge is 2.27. The van der Waals surface area contributed by atoms with Crippen molar-refractivity contribution >= 4 is 11.6 Å². The molecule has 0 saturated carbocycles. The summed E-state index contributed by atoms with van der Waals surface area (Å²) in [6.07, 6.45) is 0.825. The maximum Gasteiger partial charge on any atom is 0.259 e. The van der Waals surface area contributed by atoms with Gasteiger partial charge >= 0.3 is 0 Å². The standard InChI is InChI=1S/C24H28N4O3/c1-17-18(2)25-24-27(20-8-6-5-7-9-20)15-26(16-28(24)23(17)29)13-12-19-10-11-21(30-3)22(14-19)31-4/h5-11,14H,12-13,15-16H2,1-4H3. The number of benzene rings is 2. The summed E-state index contributed by atoms with van der Waals surface area (Å²) in [4.78, 5) is 22.1. The van der Waals surface area contributed by atoms with Crippen molar-refractivity contribution in [3.05, 3.63) is 75.7 Å². The number of aromatic nitrogens is 2. The summed E-state index contributed by atoms with van der Waals surface area (Å²) < 4.78 is 12.5. The van der Waals surface area contributed by atoms with Gasteiger partial charge < -0.3 is 9.47 Å². The number of nitrogens with zero attached hydrogens (tertiary/aromatic N) is 4. The van der Waals surface area contributed by atoms with Gasteiger partial charge in [-0.2, -0.15) is 0 Å². The van der Waals surface area contributed by atoms with Gasteiger partial charge in [0.1, 0.15) is 0 Å². The van der Waals surface area contributed by atoms with E-state index < -0.39 is 0 Å². The van der Waals surface area contributed by atoms with Gasteiger partial charge in [-0.05, 0) is 50.1 Å². The first kappa shape index (κ1) is 20.9. The third-order valence-corrected chi connectivity index (χ3v) is 5.77. The van der Waals surface area contributed by atoms with Crippen molar-refractivity contribution in [2.24, 2.45) is 0 Å². The highest BCUT2D eigenvalue weighted by atomic mass is 16.5. The molecule has 1 aliphatic heterocycles. The van der Waals surface area contributed by atoms with Crippen LogP contribution in [0.4, 0.5) is 11.6 Å². The minimum Gasteiger partial charge on any atom is -0.493 e. The van der Waals surface area contributed by atoms with Crippen molar-refractivity contribution in [3.63, 3.8) is 0 Å². The number of rotatable bonds is 6. The molecule has 0 atom stereocenters. The Hall–Kier alpha value is -3.32. The van der Waals surface area contributed by atoms with Crippen molar-refractivity contribution in [1.82, 2.24) is 14.5 Å². The number of hydrogen-bond acceptors (Lipinski definition) is 6. The Balaban J connectivity index is 1.62. The zero-order chi connectivity index (χ0) is 22.0. The molecule has 4 rings (SSSR count). The zero-order valence-corrected chi connectivity index (χ0v) is 18.5. The molecule has 0 bridgehead atoms. The zero-order valence-electron chi connectivity index (χ0n) is 18.5. The van der Waals surface area contributed by atoms with Crippen molar-refractivity contribution in [2.75, 3.05) is 32.3 Å². The third kappa shape index (κ3) is 4.14. The Morgan fingerprint density at radius 3 is 2.42 bits per heavy atom. The number of ether oxygens (including phenoxy) is 2. The molecule has 2 aromatic carbocycles. The van der Waals surface area contributed by atoms with E-state index in [0.717, 1.165) is 41.4 Å². The van der Waals surface area contributed by atoms with E-state index in [0.29, 0.717) is 24.8 Å². The number of anilines is 2. The van der Waals surface area contributed by atoms with Gasteiger partial charge in [0.2, 0.25) is 5.95 Å². The molecule has 1 aliphatic rings. The third-order valence-electron chi connectivity index (χ3n) is 5.77. The first-order valence-corrected chi connectivity index (χ1v) is 10.4. The minimum atomic E-state index is 0.0132. The summed E-state index contributed by atoms with van der Waals surface area (Å²) in [5, 5.41) is 0. The molecule has 0 spiro atoms. The van der Waals surface area contributed by atoms with Crippen LogP contribution < -0.4 is 19.9 Å². The van der Waals surface area contributed by atoms with Gasteiger partial charge in [0.15, 0.2) is 11.5 Å². The average Bonchev–Trinajstić information content (AvgIpc) is 2.81. The van der Waals surface area contributed by atoms with E-state index in [4.69, 9.17) is 14.5 Å². The lowest BCUT2D eigenvalue weighted by atomic mass is 10.1. The molecule has 162 valence electrons. The van der Waals surface area contributed by atoms with Crippen LogP contribution in [-0.4, -0.2) is 41.9 Å². The molecular formula is C24H28N4O3. The summed E-state index contributed by atoms with van der Waals surface area (Å²) >= 11 is 0. The van der Waals surface area contributed by atoms with Gasteiger partial charge in [0, 0.05) is 23.5 Å². The molecule has 7 nitrogen and oxygen atoms in total. The fraction of sp³-hybridized carbons (Fsp3) is 0.333. The maximum absolute atomic E-state index is 13.0. The van der Waals surface area contributed by atoms with E-state index in [2.05, 4.69) is 15.9 Å². The van der Waals surface area contributed by atoms with Crippen LogP contribution in [0.3, 0.4) is 0 Å². The van der Waals surface area contributed by atoms with E-state index in [1.807, 2.05) is 56.3 Å². The van der Waals surface area contributed by atoms with Gasteiger partial charge in [-0.25, -0.2) is 4.98 Å². The van der Waals surface area contributed by atoms with E-state index in [9.17, 15) is 4.79 Å². The van der Waals surface area contributed by atoms with Crippen molar-refractivity contribution < 1.29 is 9.47 Å². The van der Waals surface area contributed by atoms with Crippen LogP contribution >= 0.6 is 0 Å². The van der Waals surface area contributed by atoms with Gasteiger partial charge in [0.05, 0.1) is 27.6 Å². The molecule has 0 unspecified atom stereocenters. The molecular weight excluding hydrogens is 392 g/mol. The summed E-state index contributed by atoms with van der Waals surface area (Å²) in [6, 6.07) is 16.1. The molecule has 7 heteroatoms. The van der Waals surface area contributed by atoms with Crippen LogP contribution in [-0.2, 0) is 13.1 Å². The number of para-hydroxylation sites is 1. The van der Waals surface area contributed by atoms with Crippen molar-refractivity contribution in [1.29, 1.82) is 0 Å². The summed E-state index contributed by atoms with van der Waals surface area (Å²) in [5.74, 6) is 2.14. The SMILES string of the molecule is COc1ccc(CCN2CN(c3ccccc3)c3nc(C)c(C)c(=O)n3C2)cc1OC. The molecule has 0 radical (unpaired) electrons. The van der Waals surface area contributed by atoms with Crippen LogP contribution in [0.15, 0.2) is 53.3 Å². The fourth-order valence-corrected chi connectivity index (χ4v) is 3.85. The van der Waals surface area contributed by atoms with E-state index in [-0.39, 0.29) is 5.56 Å². The monoisotopic (exact) mass is 420 g/mol. The van der Waals surface area contributed by atoms with Crippen LogP contribution in [0.2, 0.25) is 0 Å². The average molecular weight is 421 g/mol. The molecule has 0 amide bonds. The highest BCUT2D eigenvalue weighted by Crippen LogP contribution is 2.29. The molecule has 0 fully saturated rings. The summed E-state index contributed by atoms with van der Waals surface area (Å²) in [6.45, 7) is 5.69. The van der Waals surface area contributed by atoms with Crippen LogP contribution in [0.25, 0.3) is 0 Å². The van der Waals surface area contributed by atoms with Gasteiger partial charge in [-0.3, -0.25) is 19.2 Å². The Kier molecular flexibility index (Phi) is 5.95. The lowest BCUT2D eigenvalue weighted by Crippen LogP contribution is -2.48. The Morgan fingerprint density at radius 1 is 0.968 bits per heavy atom. The van der Waals surface area contributed by atoms with Crippen LogP contribution in [0, 0.1) is 13.8 Å². The van der Waals surface area contributed by atoms with Crippen molar-refractivity contribution in [3.8, 4) is 11.5 Å². The molecule has 0 aliphatic carbocycles. The number of methoxy groups -OCH3 is 2. The van der Waals surface area contributed by atoms with Crippen LogP contribution in [0.1, 0.15) is 16.8 Å². The lowest BCUT2D eigenvalue weighted by molar-refractivity contribution is 0.200. The second-order valence-electron chi connectivity index (χ2n) is 7.74. The molecule has 1 aromatic heterocycles. The smallest absolute Gasteiger partial charge is 0.259 e. The summed E-state index contributed by atoms with van der Waals surface area (Å²) in [5.41, 5.74) is 3.65. The minimum absolute atomic E-state index is 0.0132. The predicted octanol–water partition coefficient (Wildman–Crippen LogP) is 3.49. The number of aryl methyl sites for hydroxylation is 1. The first-order valence-electron chi connectivity index (χ1n) is 10.4. The fourth-order valence-electron chi connectivity index (χ4n) is 3.85. The lowest BCUT2D eigenvalue weighted by Gasteiger charge is -2.38. The van der Waals surface area contributed by atoms with E-state index in [1.54, 1.807) is 18.8 Å². The van der Waals surface area contributed by atoms with Gasteiger partial charge in [0.25, 0.3) is 5.56 Å². The number of hydrogen-bond donors (Lipinski definition) is 0. The predicted molar refractivity (Wildman–Crippen MR) is 121 cm³/mol. The highest BCUT2D eigenvalue weighted by molar-refractivity contribution is 5.58. The second-order valence-corrected chi connectivity index (χ2v) is 7.74. The Bertz CT molecular complexity index is 1130. The largest absolute Gasteiger partial charge is 0.493 e. The Morgan fingerprint density at radius 2 is 1.71 bits per heavy atom. The summed E-state index contributed by atoms with van der Waals surface area (Å²) in [7, 11) is 3.28. The van der Waals surface area contributed by atoms with Gasteiger partial charge in [-0.1, -0.05) is 24.3 Å². The molecule has 31 heavy (non-hydrogen) atoms. The van der Waals surface area contributed by atoms with Crippen LogP contribution in [0.5, 0.6) is 11.5 Å². The van der Waals surface area contributed by atoms with E-state index >= 15 is 0 Å². The second kappa shape index (κ2) is 8.81. The van der Waals surface area contributed by atoms with Gasteiger partial charge in [-0.15, -0.1) is 0 Å². The topological polar surface area (TPSA) is 59.8 Å². The maximum atomic E-state index is 13.0. The Labute approximate surface area is 182 Å². The van der Waals surface area contributed by atoms with E-state index in [1.165, 1.54) is 0 Å². The van der Waals surface area contributed by atoms with Crippen molar-refractivity contribution in [2.45, 2.75) is 26.9 Å². The molecule has 2 heterocycles. The molecule has 0 saturated heterocycles. The molecule has 0 N–H and O–H groups in total.